The first-order valence-corrected chi connectivity index (χ1v) is 8.93. The van der Waals surface area contributed by atoms with E-state index in [1.807, 2.05) is 30.3 Å². The molecule has 0 radical (unpaired) electrons. The maximum Gasteiger partial charge on any atom is 0.186 e. The van der Waals surface area contributed by atoms with E-state index in [4.69, 9.17) is 16.3 Å². The van der Waals surface area contributed by atoms with Crippen LogP contribution < -0.4 is 4.74 Å². The van der Waals surface area contributed by atoms with Crippen molar-refractivity contribution in [2.24, 2.45) is 0 Å². The highest BCUT2D eigenvalue weighted by atomic mass is 35.5. The maximum atomic E-state index is 12.7. The Morgan fingerprint density at radius 2 is 1.91 bits per heavy atom. The van der Waals surface area contributed by atoms with Gasteiger partial charge < -0.3 is 4.74 Å². The first-order valence-electron chi connectivity index (χ1n) is 6.90. The predicted molar refractivity (Wildman–Crippen MR) is 90.6 cm³/mol. The van der Waals surface area contributed by atoms with Crippen molar-refractivity contribution in [1.29, 1.82) is 0 Å². The zero-order valence-corrected chi connectivity index (χ0v) is 13.9. The molecule has 3 rings (SSSR count). The van der Waals surface area contributed by atoms with Crippen LogP contribution in [-0.2, 0) is 15.6 Å². The lowest BCUT2D eigenvalue weighted by Crippen LogP contribution is -2.07. The molecule has 0 saturated carbocycles. The first kappa shape index (κ1) is 15.8. The molecule has 23 heavy (non-hydrogen) atoms. The van der Waals surface area contributed by atoms with E-state index in [0.717, 1.165) is 10.9 Å². The largest absolute Gasteiger partial charge is 0.494 e. The maximum absolute atomic E-state index is 12.7. The van der Waals surface area contributed by atoms with Crippen molar-refractivity contribution >= 4 is 32.3 Å². The fraction of sp³-hybridized carbons (Fsp3) is 0.118. The summed E-state index contributed by atoms with van der Waals surface area (Å²) in [5, 5.41) is 1.17. The van der Waals surface area contributed by atoms with E-state index in [1.165, 1.54) is 13.2 Å². The number of rotatable bonds is 4. The van der Waals surface area contributed by atoms with Gasteiger partial charge in [-0.1, -0.05) is 35.9 Å². The topological polar surface area (TPSA) is 56.3 Å². The number of benzene rings is 2. The zero-order valence-electron chi connectivity index (χ0n) is 12.4. The summed E-state index contributed by atoms with van der Waals surface area (Å²) in [5.74, 6) is 0.00422. The third-order valence-corrected chi connectivity index (χ3v) is 5.48. The summed E-state index contributed by atoms with van der Waals surface area (Å²) in [6.45, 7) is 0. The smallest absolute Gasteiger partial charge is 0.186 e. The lowest BCUT2D eigenvalue weighted by Gasteiger charge is -2.11. The third-order valence-electron chi connectivity index (χ3n) is 3.47. The van der Waals surface area contributed by atoms with Crippen LogP contribution in [0.5, 0.6) is 5.75 Å². The molecule has 1 aromatic heterocycles. The molecule has 0 aliphatic carbocycles. The van der Waals surface area contributed by atoms with Gasteiger partial charge in [-0.15, -0.1) is 0 Å². The molecule has 0 N–H and O–H groups in total. The number of methoxy groups -OCH3 is 1. The molecule has 4 nitrogen and oxygen atoms in total. The number of ether oxygens (including phenoxy) is 1. The minimum atomic E-state index is -3.60. The van der Waals surface area contributed by atoms with Gasteiger partial charge in [-0.05, 0) is 29.8 Å². The quantitative estimate of drug-likeness (QED) is 0.719. The van der Waals surface area contributed by atoms with Crippen LogP contribution in [0.3, 0.4) is 0 Å². The number of nitrogens with zero attached hydrogens (tertiary/aromatic N) is 1. The number of fused-ring (bicyclic) bond motifs is 1. The van der Waals surface area contributed by atoms with Gasteiger partial charge in [0, 0.05) is 11.6 Å². The summed E-state index contributed by atoms with van der Waals surface area (Å²) in [6, 6.07) is 14.1. The lowest BCUT2D eigenvalue weighted by molar-refractivity contribution is 0.403. The van der Waals surface area contributed by atoms with E-state index >= 15 is 0 Å². The molecule has 0 unspecified atom stereocenters. The average Bonchev–Trinajstić information content (AvgIpc) is 2.54. The Hall–Kier alpha value is -2.11. The number of hydrogen-bond acceptors (Lipinski definition) is 4. The standard InChI is InChI=1S/C17H14ClNO3S/c1-22-17-14(18)6-4-8-16(17)23(20,21)11-12-9-13-5-2-3-7-15(13)19-10-12/h2-10H,11H2,1H3. The fourth-order valence-electron chi connectivity index (χ4n) is 2.42. The van der Waals surface area contributed by atoms with Crippen molar-refractivity contribution in [3.8, 4) is 5.75 Å². The monoisotopic (exact) mass is 347 g/mol. The van der Waals surface area contributed by atoms with Crippen molar-refractivity contribution in [3.63, 3.8) is 0 Å². The van der Waals surface area contributed by atoms with Gasteiger partial charge in [0.1, 0.15) is 4.90 Å². The SMILES string of the molecule is COc1c(Cl)cccc1S(=O)(=O)Cc1cnc2ccccc2c1. The Balaban J connectivity index is 2.02. The van der Waals surface area contributed by atoms with Gasteiger partial charge in [0.2, 0.25) is 0 Å². The van der Waals surface area contributed by atoms with E-state index in [9.17, 15) is 8.42 Å². The molecule has 0 atom stereocenters. The molecule has 0 amide bonds. The number of halogens is 1. The highest BCUT2D eigenvalue weighted by Crippen LogP contribution is 2.33. The average molecular weight is 348 g/mol. The Labute approximate surface area is 139 Å². The van der Waals surface area contributed by atoms with Gasteiger partial charge in [-0.3, -0.25) is 4.98 Å². The van der Waals surface area contributed by atoms with E-state index in [0.29, 0.717) is 5.56 Å². The number of aromatic nitrogens is 1. The highest BCUT2D eigenvalue weighted by molar-refractivity contribution is 7.90. The molecule has 0 bridgehead atoms. The molecule has 0 fully saturated rings. The minimum Gasteiger partial charge on any atom is -0.494 e. The first-order chi connectivity index (χ1) is 11.0. The molecule has 2 aromatic carbocycles. The Bertz CT molecular complexity index is 970. The summed E-state index contributed by atoms with van der Waals surface area (Å²) in [4.78, 5) is 4.38. The van der Waals surface area contributed by atoms with Crippen LogP contribution in [-0.4, -0.2) is 20.5 Å². The van der Waals surface area contributed by atoms with Crippen LogP contribution in [0.4, 0.5) is 0 Å². The fourth-order valence-corrected chi connectivity index (χ4v) is 4.25. The summed E-state index contributed by atoms with van der Waals surface area (Å²) in [7, 11) is -2.20. The zero-order chi connectivity index (χ0) is 16.4. The molecule has 0 saturated heterocycles. The third kappa shape index (κ3) is 3.16. The van der Waals surface area contributed by atoms with Crippen molar-refractivity contribution < 1.29 is 13.2 Å². The highest BCUT2D eigenvalue weighted by Gasteiger charge is 2.22. The van der Waals surface area contributed by atoms with E-state index in [1.54, 1.807) is 18.3 Å². The van der Waals surface area contributed by atoms with Crippen LogP contribution in [0.25, 0.3) is 10.9 Å². The van der Waals surface area contributed by atoms with Gasteiger partial charge in [-0.2, -0.15) is 0 Å². The Kier molecular flexibility index (Phi) is 4.24. The van der Waals surface area contributed by atoms with Crippen LogP contribution in [0.1, 0.15) is 5.56 Å². The molecular weight excluding hydrogens is 334 g/mol. The molecular formula is C17H14ClNO3S. The minimum absolute atomic E-state index is 0.0839. The molecule has 1 heterocycles. The van der Waals surface area contributed by atoms with Crippen molar-refractivity contribution in [2.45, 2.75) is 10.6 Å². The van der Waals surface area contributed by atoms with Crippen LogP contribution >= 0.6 is 11.6 Å². The Morgan fingerprint density at radius 1 is 1.13 bits per heavy atom. The number of pyridine rings is 1. The molecule has 118 valence electrons. The summed E-state index contributed by atoms with van der Waals surface area (Å²) >= 11 is 6.01. The molecule has 0 spiro atoms. The summed E-state index contributed by atoms with van der Waals surface area (Å²) in [6.07, 6.45) is 1.58. The number of sulfone groups is 1. The second-order valence-electron chi connectivity index (χ2n) is 5.07. The van der Waals surface area contributed by atoms with Gasteiger partial charge in [0.25, 0.3) is 0 Å². The van der Waals surface area contributed by atoms with Gasteiger partial charge >= 0.3 is 0 Å². The Morgan fingerprint density at radius 3 is 2.70 bits per heavy atom. The van der Waals surface area contributed by atoms with Gasteiger partial charge in [0.15, 0.2) is 15.6 Å². The summed E-state index contributed by atoms with van der Waals surface area (Å²) in [5.41, 5.74) is 1.44. The summed E-state index contributed by atoms with van der Waals surface area (Å²) < 4.78 is 30.6. The second kappa shape index (κ2) is 6.18. The van der Waals surface area contributed by atoms with Gasteiger partial charge in [0.05, 0.1) is 23.4 Å². The lowest BCUT2D eigenvalue weighted by atomic mass is 10.2. The van der Waals surface area contributed by atoms with Crippen molar-refractivity contribution in [2.75, 3.05) is 7.11 Å². The van der Waals surface area contributed by atoms with Crippen LogP contribution in [0, 0.1) is 0 Å². The number of para-hydroxylation sites is 2. The van der Waals surface area contributed by atoms with Crippen molar-refractivity contribution in [1.82, 2.24) is 4.98 Å². The molecule has 0 aliphatic rings. The molecule has 0 aliphatic heterocycles. The van der Waals surface area contributed by atoms with E-state index < -0.39 is 9.84 Å². The second-order valence-corrected chi connectivity index (χ2v) is 7.43. The van der Waals surface area contributed by atoms with Crippen LogP contribution in [0.15, 0.2) is 59.6 Å². The predicted octanol–water partition coefficient (Wildman–Crippen LogP) is 3.87. The van der Waals surface area contributed by atoms with E-state index in [-0.39, 0.29) is 21.4 Å². The molecule has 6 heteroatoms. The number of hydrogen-bond donors (Lipinski definition) is 0. The molecule has 3 aromatic rings. The van der Waals surface area contributed by atoms with Crippen molar-refractivity contribution in [3.05, 3.63) is 65.3 Å². The van der Waals surface area contributed by atoms with Crippen LogP contribution in [0.2, 0.25) is 5.02 Å². The van der Waals surface area contributed by atoms with Gasteiger partial charge in [-0.25, -0.2) is 8.42 Å². The normalized spacial score (nSPS) is 11.6. The van der Waals surface area contributed by atoms with E-state index in [2.05, 4.69) is 4.98 Å².